The number of hydrogen-bond acceptors (Lipinski definition) is 9. The Kier molecular flexibility index (Phi) is 9.99. The molecule has 1 saturated heterocycles. The Morgan fingerprint density at radius 3 is 2.44 bits per heavy atom. The summed E-state index contributed by atoms with van der Waals surface area (Å²) >= 11 is 0. The van der Waals surface area contributed by atoms with Gasteiger partial charge < -0.3 is 19.5 Å². The van der Waals surface area contributed by atoms with Crippen molar-refractivity contribution in [3.8, 4) is 11.6 Å². The summed E-state index contributed by atoms with van der Waals surface area (Å²) in [7, 11) is 0. The van der Waals surface area contributed by atoms with Crippen LogP contribution in [0.3, 0.4) is 0 Å². The summed E-state index contributed by atoms with van der Waals surface area (Å²) in [5.41, 5.74) is 1.49. The molecule has 11 nitrogen and oxygen atoms in total. The molecule has 39 heavy (non-hydrogen) atoms. The minimum atomic E-state index is -0.634. The van der Waals surface area contributed by atoms with Crippen molar-refractivity contribution in [2.45, 2.75) is 98.6 Å². The monoisotopic (exact) mass is 542 g/mol. The second kappa shape index (κ2) is 13.4. The molecule has 3 unspecified atom stereocenters. The third-order valence-corrected chi connectivity index (χ3v) is 8.15. The number of morpholine rings is 1. The molecule has 216 valence electrons. The van der Waals surface area contributed by atoms with Gasteiger partial charge in [0.1, 0.15) is 5.52 Å². The van der Waals surface area contributed by atoms with Gasteiger partial charge in [-0.15, -0.1) is 0 Å². The number of fused-ring (bicyclic) bond motifs is 1. The van der Waals surface area contributed by atoms with Crippen molar-refractivity contribution in [1.82, 2.24) is 29.7 Å². The van der Waals surface area contributed by atoms with Gasteiger partial charge in [-0.2, -0.15) is 4.98 Å². The summed E-state index contributed by atoms with van der Waals surface area (Å²) in [6.07, 6.45) is 8.32. The number of nitrogens with zero attached hydrogens (tertiary/aromatic N) is 6. The van der Waals surface area contributed by atoms with Crippen LogP contribution in [-0.2, 0) is 4.74 Å². The van der Waals surface area contributed by atoms with Gasteiger partial charge in [0.25, 0.3) is 0 Å². The predicted octanol–water partition coefficient (Wildman–Crippen LogP) is 5.41. The van der Waals surface area contributed by atoms with Crippen LogP contribution in [0.1, 0.15) is 92.5 Å². The number of ether oxygens (including phenoxy) is 1. The summed E-state index contributed by atoms with van der Waals surface area (Å²) in [5.74, 6) is 2.83. The molecule has 1 saturated carbocycles. The molecule has 3 aromatic rings. The van der Waals surface area contributed by atoms with Crippen molar-refractivity contribution in [2.24, 2.45) is 11.8 Å². The molecular weight excluding hydrogens is 496 g/mol. The summed E-state index contributed by atoms with van der Waals surface area (Å²) in [5, 5.41) is 7.53. The van der Waals surface area contributed by atoms with E-state index in [1.165, 1.54) is 32.1 Å². The second-order valence-corrected chi connectivity index (χ2v) is 10.8. The van der Waals surface area contributed by atoms with E-state index in [1.54, 1.807) is 0 Å². The Bertz CT molecular complexity index is 1240. The normalized spacial score (nSPS) is 18.3. The van der Waals surface area contributed by atoms with Gasteiger partial charge in [0.2, 0.25) is 17.6 Å². The van der Waals surface area contributed by atoms with Crippen LogP contribution in [-0.4, -0.2) is 62.0 Å². The summed E-state index contributed by atoms with van der Waals surface area (Å²) in [6.45, 7) is 16.0. The quantitative estimate of drug-likeness (QED) is 0.327. The van der Waals surface area contributed by atoms with Gasteiger partial charge in [0.15, 0.2) is 11.5 Å². The molecule has 0 radical (unpaired) electrons. The standard InChI is InChI=1S/C26H40N8O3.C2H6/c1-5-16(2)8-6-9-17(3)34-20-21(27-18(4)19-10-7-11-19)28-23(24-31-26(35)37-32-24)29-22(20)30-25(34)33-12-14-36-15-13-33;1-2/h16-19H,5-15H2,1-4H3,(H,27,28,29)(H,31,32,35);1-2H3. The lowest BCUT2D eigenvalue weighted by molar-refractivity contribution is 0.121. The molecule has 5 rings (SSSR count). The maximum absolute atomic E-state index is 11.7. The Morgan fingerprint density at radius 2 is 1.82 bits per heavy atom. The average Bonchev–Trinajstić information content (AvgIpc) is 3.53. The van der Waals surface area contributed by atoms with E-state index < -0.39 is 5.76 Å². The zero-order chi connectivity index (χ0) is 27.9. The third kappa shape index (κ3) is 6.62. The minimum absolute atomic E-state index is 0.204. The van der Waals surface area contributed by atoms with Crippen molar-refractivity contribution < 1.29 is 9.26 Å². The summed E-state index contributed by atoms with van der Waals surface area (Å²) in [6, 6.07) is 0.472. The summed E-state index contributed by atoms with van der Waals surface area (Å²) < 4.78 is 12.7. The fourth-order valence-electron chi connectivity index (χ4n) is 5.30. The Morgan fingerprint density at radius 1 is 1.08 bits per heavy atom. The largest absolute Gasteiger partial charge is 0.439 e. The van der Waals surface area contributed by atoms with E-state index in [2.05, 4.69) is 52.6 Å². The highest BCUT2D eigenvalue weighted by molar-refractivity contribution is 5.87. The first-order valence-electron chi connectivity index (χ1n) is 14.9. The molecule has 1 aliphatic heterocycles. The highest BCUT2D eigenvalue weighted by Gasteiger charge is 2.29. The lowest BCUT2D eigenvalue weighted by Crippen LogP contribution is -2.38. The van der Waals surface area contributed by atoms with E-state index in [9.17, 15) is 4.79 Å². The third-order valence-electron chi connectivity index (χ3n) is 8.15. The van der Waals surface area contributed by atoms with Crippen molar-refractivity contribution in [3.63, 3.8) is 0 Å². The second-order valence-electron chi connectivity index (χ2n) is 10.8. The number of aromatic nitrogens is 6. The molecule has 2 fully saturated rings. The molecule has 2 aliphatic rings. The van der Waals surface area contributed by atoms with E-state index in [-0.39, 0.29) is 17.9 Å². The molecule has 0 bridgehead atoms. The van der Waals surface area contributed by atoms with Gasteiger partial charge in [-0.25, -0.2) is 14.8 Å². The van der Waals surface area contributed by atoms with Gasteiger partial charge >= 0.3 is 5.76 Å². The topological polar surface area (TPSA) is 127 Å². The first-order chi connectivity index (χ1) is 18.9. The zero-order valence-electron chi connectivity index (χ0n) is 24.5. The number of H-pyrrole nitrogens is 1. The average molecular weight is 543 g/mol. The molecule has 0 amide bonds. The number of nitrogens with one attached hydrogen (secondary N) is 2. The number of imidazole rings is 1. The Hall–Kier alpha value is -2.95. The highest BCUT2D eigenvalue weighted by Crippen LogP contribution is 2.36. The van der Waals surface area contributed by atoms with Crippen LogP contribution in [0.5, 0.6) is 0 Å². The smallest absolute Gasteiger partial charge is 0.378 e. The fraction of sp³-hybridized carbons (Fsp3) is 0.750. The maximum Gasteiger partial charge on any atom is 0.439 e. The molecule has 3 atom stereocenters. The zero-order valence-corrected chi connectivity index (χ0v) is 24.5. The van der Waals surface area contributed by atoms with Crippen LogP contribution in [0.25, 0.3) is 22.8 Å². The van der Waals surface area contributed by atoms with Crippen LogP contribution in [0.2, 0.25) is 0 Å². The van der Waals surface area contributed by atoms with Crippen molar-refractivity contribution in [2.75, 3.05) is 36.5 Å². The van der Waals surface area contributed by atoms with E-state index in [1.807, 2.05) is 13.8 Å². The van der Waals surface area contributed by atoms with Gasteiger partial charge in [-0.3, -0.25) is 9.51 Å². The van der Waals surface area contributed by atoms with Gasteiger partial charge in [-0.05, 0) is 44.9 Å². The van der Waals surface area contributed by atoms with Crippen LogP contribution >= 0.6 is 0 Å². The van der Waals surface area contributed by atoms with Gasteiger partial charge in [-0.1, -0.05) is 58.5 Å². The van der Waals surface area contributed by atoms with Gasteiger partial charge in [0, 0.05) is 25.2 Å². The first-order valence-corrected chi connectivity index (χ1v) is 14.9. The molecule has 0 spiro atoms. The van der Waals surface area contributed by atoms with Crippen LogP contribution in [0.15, 0.2) is 9.32 Å². The van der Waals surface area contributed by atoms with Crippen LogP contribution in [0.4, 0.5) is 11.8 Å². The molecule has 11 heteroatoms. The molecule has 4 heterocycles. The SMILES string of the molecule is CC.CCC(C)CCCC(C)n1c(N2CCOCC2)nc2nc(-c3noc(=O)[nH]3)nc(NC(C)C3CCC3)c21. The maximum atomic E-state index is 11.7. The lowest BCUT2D eigenvalue weighted by atomic mass is 9.80. The van der Waals surface area contributed by atoms with E-state index in [0.717, 1.165) is 49.1 Å². The predicted molar refractivity (Wildman–Crippen MR) is 154 cm³/mol. The molecule has 1 aliphatic carbocycles. The number of rotatable bonds is 11. The Balaban J connectivity index is 0.00000172. The van der Waals surface area contributed by atoms with Gasteiger partial charge in [0.05, 0.1) is 13.2 Å². The fourth-order valence-corrected chi connectivity index (χ4v) is 5.30. The highest BCUT2D eigenvalue weighted by atomic mass is 16.5. The lowest BCUT2D eigenvalue weighted by Gasteiger charge is -2.33. The molecule has 0 aromatic carbocycles. The van der Waals surface area contributed by atoms with Crippen molar-refractivity contribution in [1.29, 1.82) is 0 Å². The molecule has 3 aromatic heterocycles. The first kappa shape index (κ1) is 29.0. The Labute approximate surface area is 231 Å². The van der Waals surface area contributed by atoms with E-state index >= 15 is 0 Å². The number of aromatic amines is 1. The van der Waals surface area contributed by atoms with Crippen molar-refractivity contribution >= 4 is 22.9 Å². The van der Waals surface area contributed by atoms with E-state index in [4.69, 9.17) is 24.2 Å². The van der Waals surface area contributed by atoms with Crippen LogP contribution < -0.4 is 16.0 Å². The van der Waals surface area contributed by atoms with E-state index in [0.29, 0.717) is 30.6 Å². The summed E-state index contributed by atoms with van der Waals surface area (Å²) in [4.78, 5) is 31.2. The van der Waals surface area contributed by atoms with Crippen LogP contribution in [0, 0.1) is 11.8 Å². The minimum Gasteiger partial charge on any atom is -0.378 e. The molecule has 2 N–H and O–H groups in total. The number of hydrogen-bond donors (Lipinski definition) is 2. The molecular formula is C28H46N8O3. The number of anilines is 2. The van der Waals surface area contributed by atoms with Crippen molar-refractivity contribution in [3.05, 3.63) is 10.6 Å².